The normalized spacial score (nSPS) is 11.3. The molecule has 29 heavy (non-hydrogen) atoms. The average Bonchev–Trinajstić information content (AvgIpc) is 3.12. The van der Waals surface area contributed by atoms with Gasteiger partial charge in [0.05, 0.1) is 16.4 Å². The average molecular weight is 489 g/mol. The van der Waals surface area contributed by atoms with Crippen LogP contribution in [0.2, 0.25) is 5.02 Å². The second kappa shape index (κ2) is 8.41. The zero-order chi connectivity index (χ0) is 20.4. The third-order valence-corrected chi connectivity index (χ3v) is 5.74. The van der Waals surface area contributed by atoms with Crippen LogP contribution < -0.4 is 5.01 Å². The van der Waals surface area contributed by atoms with Gasteiger partial charge in [-0.1, -0.05) is 51.0 Å². The van der Waals surface area contributed by atoms with Gasteiger partial charge >= 0.3 is 0 Å². The fourth-order valence-corrected chi connectivity index (χ4v) is 4.15. The zero-order valence-corrected chi connectivity index (χ0v) is 17.9. The Bertz CT molecular complexity index is 1210. The first-order valence-electron chi connectivity index (χ1n) is 8.45. The van der Waals surface area contributed by atoms with E-state index >= 15 is 0 Å². The molecule has 8 heteroatoms. The highest BCUT2D eigenvalue weighted by Crippen LogP contribution is 2.32. The molecule has 4 nitrogen and oxygen atoms in total. The van der Waals surface area contributed by atoms with Crippen LogP contribution in [0, 0.1) is 5.82 Å². The molecule has 0 saturated carbocycles. The number of thiazole rings is 1. The van der Waals surface area contributed by atoms with Crippen molar-refractivity contribution < 1.29 is 9.18 Å². The topological polar surface area (TPSA) is 45.6 Å². The van der Waals surface area contributed by atoms with Crippen molar-refractivity contribution in [2.75, 3.05) is 5.01 Å². The minimum atomic E-state index is -0.349. The van der Waals surface area contributed by atoms with Gasteiger partial charge in [-0.2, -0.15) is 10.1 Å². The van der Waals surface area contributed by atoms with Crippen molar-refractivity contribution in [2.24, 2.45) is 5.10 Å². The molecule has 0 aliphatic carbocycles. The van der Waals surface area contributed by atoms with E-state index < -0.39 is 0 Å². The lowest BCUT2D eigenvalue weighted by atomic mass is 10.2. The Morgan fingerprint density at radius 3 is 2.55 bits per heavy atom. The Kier molecular flexibility index (Phi) is 5.71. The summed E-state index contributed by atoms with van der Waals surface area (Å²) < 4.78 is 15.0. The summed E-state index contributed by atoms with van der Waals surface area (Å²) in [4.78, 5) is 17.7. The van der Waals surface area contributed by atoms with E-state index in [1.165, 1.54) is 34.7 Å². The van der Waals surface area contributed by atoms with Gasteiger partial charge in [0.15, 0.2) is 0 Å². The summed E-state index contributed by atoms with van der Waals surface area (Å²) in [7, 11) is 0. The van der Waals surface area contributed by atoms with Crippen LogP contribution in [-0.2, 0) is 0 Å². The van der Waals surface area contributed by atoms with Gasteiger partial charge in [0.25, 0.3) is 5.91 Å². The molecular formula is C21H12BrClFN3OS. The minimum absolute atomic E-state index is 0.340. The Morgan fingerprint density at radius 2 is 1.83 bits per heavy atom. The highest BCUT2D eigenvalue weighted by atomic mass is 79.9. The molecule has 1 aromatic heterocycles. The lowest BCUT2D eigenvalue weighted by Crippen LogP contribution is -2.25. The first-order chi connectivity index (χ1) is 14.0. The quantitative estimate of drug-likeness (QED) is 0.242. The second-order valence-corrected chi connectivity index (χ2v) is 8.39. The number of anilines is 1. The number of hydrazone groups is 1. The number of hydrogen-bond acceptors (Lipinski definition) is 4. The fourth-order valence-electron chi connectivity index (χ4n) is 2.55. The van der Waals surface area contributed by atoms with Gasteiger partial charge in [0.1, 0.15) is 5.82 Å². The molecule has 3 aromatic carbocycles. The zero-order valence-electron chi connectivity index (χ0n) is 14.7. The minimum Gasteiger partial charge on any atom is -0.267 e. The number of nitrogens with zero attached hydrogens (tertiary/aromatic N) is 3. The number of aromatic nitrogens is 1. The number of rotatable bonds is 4. The standard InChI is InChI=1S/C21H12BrClFN3OS/c22-15-5-10-18-19(11-15)29-21(26-18)27(20(28)14-3-6-16(23)7-4-14)25-12-13-1-8-17(24)9-2-13/h1-12H/b25-12+. The molecule has 4 rings (SSSR count). The van der Waals surface area contributed by atoms with Gasteiger partial charge < -0.3 is 0 Å². The molecule has 0 N–H and O–H groups in total. The molecule has 0 aliphatic heterocycles. The first-order valence-corrected chi connectivity index (χ1v) is 10.4. The summed E-state index contributed by atoms with van der Waals surface area (Å²) in [6, 6.07) is 18.1. The van der Waals surface area contributed by atoms with Crippen molar-refractivity contribution in [2.45, 2.75) is 0 Å². The van der Waals surface area contributed by atoms with E-state index in [2.05, 4.69) is 26.0 Å². The van der Waals surface area contributed by atoms with Crippen LogP contribution in [-0.4, -0.2) is 17.1 Å². The van der Waals surface area contributed by atoms with E-state index in [0.29, 0.717) is 21.3 Å². The number of benzene rings is 3. The number of hydrogen-bond donors (Lipinski definition) is 0. The first kappa shape index (κ1) is 19.7. The second-order valence-electron chi connectivity index (χ2n) is 6.03. The molecule has 0 radical (unpaired) electrons. The highest BCUT2D eigenvalue weighted by molar-refractivity contribution is 9.10. The molecule has 1 heterocycles. The molecule has 0 bridgehead atoms. The maximum Gasteiger partial charge on any atom is 0.280 e. The van der Waals surface area contributed by atoms with Gasteiger partial charge in [0.2, 0.25) is 5.13 Å². The summed E-state index contributed by atoms with van der Waals surface area (Å²) in [6.07, 6.45) is 1.50. The maximum absolute atomic E-state index is 13.2. The Balaban J connectivity index is 1.75. The molecule has 0 saturated heterocycles. The summed E-state index contributed by atoms with van der Waals surface area (Å²) in [5.74, 6) is -0.689. The summed E-state index contributed by atoms with van der Waals surface area (Å²) in [5, 5.41) is 6.55. The van der Waals surface area contributed by atoms with Gasteiger partial charge in [-0.05, 0) is 60.2 Å². The lowest BCUT2D eigenvalue weighted by molar-refractivity contribution is 0.0988. The van der Waals surface area contributed by atoms with Gasteiger partial charge in [-0.25, -0.2) is 9.37 Å². The molecule has 144 valence electrons. The van der Waals surface area contributed by atoms with Gasteiger partial charge in [-0.3, -0.25) is 4.79 Å². The third kappa shape index (κ3) is 4.53. The van der Waals surface area contributed by atoms with Crippen LogP contribution in [0.15, 0.2) is 76.3 Å². The van der Waals surface area contributed by atoms with Crippen LogP contribution in [0.25, 0.3) is 10.2 Å². The predicted octanol–water partition coefficient (Wildman–Crippen LogP) is 6.53. The van der Waals surface area contributed by atoms with Crippen LogP contribution in [0.5, 0.6) is 0 Å². The van der Waals surface area contributed by atoms with Crippen LogP contribution in [0.3, 0.4) is 0 Å². The van der Waals surface area contributed by atoms with Crippen LogP contribution >= 0.6 is 38.9 Å². The molecule has 0 fully saturated rings. The van der Waals surface area contributed by atoms with E-state index in [-0.39, 0.29) is 11.7 Å². The largest absolute Gasteiger partial charge is 0.280 e. The van der Waals surface area contributed by atoms with Crippen LogP contribution in [0.4, 0.5) is 9.52 Å². The maximum atomic E-state index is 13.2. The summed E-state index contributed by atoms with van der Waals surface area (Å²) >= 11 is 10.7. The number of halogens is 3. The molecule has 0 spiro atoms. The van der Waals surface area contributed by atoms with E-state index in [9.17, 15) is 9.18 Å². The number of carbonyl (C=O) groups excluding carboxylic acids is 1. The number of amides is 1. The highest BCUT2D eigenvalue weighted by Gasteiger charge is 2.21. The van der Waals surface area contributed by atoms with E-state index in [0.717, 1.165) is 14.7 Å². The monoisotopic (exact) mass is 487 g/mol. The van der Waals surface area contributed by atoms with E-state index in [4.69, 9.17) is 11.6 Å². The van der Waals surface area contributed by atoms with Gasteiger partial charge in [0, 0.05) is 15.1 Å². The van der Waals surface area contributed by atoms with Crippen molar-refractivity contribution in [1.29, 1.82) is 0 Å². The third-order valence-electron chi connectivity index (χ3n) is 4.00. The lowest BCUT2D eigenvalue weighted by Gasteiger charge is -2.13. The molecule has 1 amide bonds. The van der Waals surface area contributed by atoms with Crippen molar-refractivity contribution in [3.8, 4) is 0 Å². The van der Waals surface area contributed by atoms with E-state index in [1.807, 2.05) is 18.2 Å². The Labute approximate surface area is 183 Å². The smallest absolute Gasteiger partial charge is 0.267 e. The van der Waals surface area contributed by atoms with Crippen molar-refractivity contribution >= 4 is 66.3 Å². The molecule has 0 aliphatic rings. The summed E-state index contributed by atoms with van der Waals surface area (Å²) in [5.41, 5.74) is 1.84. The molecule has 0 atom stereocenters. The van der Waals surface area contributed by atoms with Crippen molar-refractivity contribution in [3.05, 3.63) is 93.2 Å². The predicted molar refractivity (Wildman–Crippen MR) is 120 cm³/mol. The fraction of sp³-hybridized carbons (Fsp3) is 0. The molecular weight excluding hydrogens is 477 g/mol. The number of carbonyl (C=O) groups is 1. The SMILES string of the molecule is O=C(c1ccc(Cl)cc1)N(/N=C/c1ccc(F)cc1)c1nc2ccc(Br)cc2s1. The summed E-state index contributed by atoms with van der Waals surface area (Å²) in [6.45, 7) is 0. The van der Waals surface area contributed by atoms with Gasteiger partial charge in [-0.15, -0.1) is 0 Å². The van der Waals surface area contributed by atoms with Crippen molar-refractivity contribution in [3.63, 3.8) is 0 Å². The van der Waals surface area contributed by atoms with Crippen LogP contribution in [0.1, 0.15) is 15.9 Å². The van der Waals surface area contributed by atoms with E-state index in [1.54, 1.807) is 36.4 Å². The Morgan fingerprint density at radius 1 is 1.10 bits per heavy atom. The molecule has 4 aromatic rings. The number of fused-ring (bicyclic) bond motifs is 1. The van der Waals surface area contributed by atoms with Crippen molar-refractivity contribution in [1.82, 2.24) is 4.98 Å². The molecule has 0 unspecified atom stereocenters. The Hall–Kier alpha value is -2.61.